The van der Waals surface area contributed by atoms with Gasteiger partial charge in [0, 0.05) is 31.3 Å². The van der Waals surface area contributed by atoms with Gasteiger partial charge in [0.1, 0.15) is 5.78 Å². The number of piperidine rings is 1. The maximum absolute atomic E-state index is 12.0. The van der Waals surface area contributed by atoms with Crippen LogP contribution in [-0.2, 0) is 21.2 Å². The maximum Gasteiger partial charge on any atom is 0.211 e. The number of hydrogen-bond acceptors (Lipinski definition) is 6. The molecule has 1 saturated heterocycles. The number of nitrogens with two attached hydrogens (primary N) is 1. The van der Waals surface area contributed by atoms with E-state index in [-0.39, 0.29) is 18.1 Å². The molecule has 1 fully saturated rings. The van der Waals surface area contributed by atoms with Crippen molar-refractivity contribution in [2.24, 2.45) is 5.92 Å². The first-order chi connectivity index (χ1) is 9.34. The highest BCUT2D eigenvalue weighted by Crippen LogP contribution is 2.22. The summed E-state index contributed by atoms with van der Waals surface area (Å²) in [4.78, 5) is 16.1. The van der Waals surface area contributed by atoms with Gasteiger partial charge in [-0.1, -0.05) is 0 Å². The number of rotatable bonds is 5. The zero-order chi connectivity index (χ0) is 14.8. The molecular weight excluding hydrogens is 298 g/mol. The fraction of sp³-hybridized carbons (Fsp3) is 0.667. The molecular formula is C12H19N3O3S2. The van der Waals surface area contributed by atoms with Crippen molar-refractivity contribution in [2.45, 2.75) is 25.7 Å². The van der Waals surface area contributed by atoms with Gasteiger partial charge in [0.25, 0.3) is 0 Å². The van der Waals surface area contributed by atoms with E-state index in [0.29, 0.717) is 30.3 Å². The molecule has 0 aliphatic carbocycles. The molecule has 0 saturated carbocycles. The first-order valence-corrected chi connectivity index (χ1v) is 9.24. The Labute approximate surface area is 123 Å². The summed E-state index contributed by atoms with van der Waals surface area (Å²) in [7, 11) is -3.16. The van der Waals surface area contributed by atoms with Crippen LogP contribution in [0.3, 0.4) is 0 Å². The minimum Gasteiger partial charge on any atom is -0.375 e. The van der Waals surface area contributed by atoms with Crippen molar-refractivity contribution in [3.63, 3.8) is 0 Å². The van der Waals surface area contributed by atoms with Crippen LogP contribution in [0.15, 0.2) is 5.38 Å². The van der Waals surface area contributed by atoms with Gasteiger partial charge < -0.3 is 5.73 Å². The Bertz CT molecular complexity index is 583. The number of carbonyl (C=O) groups is 1. The molecule has 1 aromatic heterocycles. The van der Waals surface area contributed by atoms with E-state index >= 15 is 0 Å². The van der Waals surface area contributed by atoms with Gasteiger partial charge >= 0.3 is 0 Å². The minimum atomic E-state index is -3.16. The second kappa shape index (κ2) is 6.19. The van der Waals surface area contributed by atoms with Gasteiger partial charge in [0.2, 0.25) is 10.0 Å². The number of hydrogen-bond donors (Lipinski definition) is 1. The van der Waals surface area contributed by atoms with Crippen LogP contribution in [0.2, 0.25) is 0 Å². The molecule has 112 valence electrons. The van der Waals surface area contributed by atoms with Crippen molar-refractivity contribution < 1.29 is 13.2 Å². The number of nitrogen functional groups attached to an aromatic ring is 1. The molecule has 1 unspecified atom stereocenters. The number of Topliss-reactive ketones (excluding diaryl/α,β-unsaturated/α-hetero) is 1. The molecule has 0 bridgehead atoms. The largest absolute Gasteiger partial charge is 0.375 e. The number of anilines is 1. The number of carbonyl (C=O) groups excluding carboxylic acids is 1. The van der Waals surface area contributed by atoms with Crippen LogP contribution in [0.5, 0.6) is 0 Å². The molecule has 0 amide bonds. The van der Waals surface area contributed by atoms with Gasteiger partial charge in [0.15, 0.2) is 5.13 Å². The second-order valence-electron chi connectivity index (χ2n) is 5.23. The first kappa shape index (κ1) is 15.4. The van der Waals surface area contributed by atoms with Crippen molar-refractivity contribution in [2.75, 3.05) is 25.1 Å². The molecule has 8 heteroatoms. The lowest BCUT2D eigenvalue weighted by Gasteiger charge is -2.30. The van der Waals surface area contributed by atoms with E-state index in [1.807, 2.05) is 0 Å². The monoisotopic (exact) mass is 317 g/mol. The lowest BCUT2D eigenvalue weighted by molar-refractivity contribution is -0.119. The summed E-state index contributed by atoms with van der Waals surface area (Å²) >= 11 is 1.32. The molecule has 0 spiro atoms. The van der Waals surface area contributed by atoms with Gasteiger partial charge in [-0.05, 0) is 18.8 Å². The lowest BCUT2D eigenvalue weighted by atomic mass is 9.93. The summed E-state index contributed by atoms with van der Waals surface area (Å²) in [5.74, 6) is 0.206. The quantitative estimate of drug-likeness (QED) is 0.871. The molecule has 2 N–H and O–H groups in total. The minimum absolute atomic E-state index is 0.0932. The molecule has 6 nitrogen and oxygen atoms in total. The molecule has 0 radical (unpaired) electrons. The van der Waals surface area contributed by atoms with Gasteiger partial charge in [0.05, 0.1) is 11.9 Å². The summed E-state index contributed by atoms with van der Waals surface area (Å²) in [6.07, 6.45) is 3.62. The molecule has 1 aliphatic heterocycles. The van der Waals surface area contributed by atoms with E-state index in [9.17, 15) is 13.2 Å². The number of aromatic nitrogens is 1. The summed E-state index contributed by atoms with van der Waals surface area (Å²) in [6, 6.07) is 0. The maximum atomic E-state index is 12.0. The zero-order valence-electron chi connectivity index (χ0n) is 11.4. The van der Waals surface area contributed by atoms with Gasteiger partial charge in [-0.2, -0.15) is 0 Å². The average molecular weight is 317 g/mol. The van der Waals surface area contributed by atoms with Gasteiger partial charge in [-0.15, -0.1) is 11.3 Å². The number of thiazole rings is 1. The Balaban J connectivity index is 1.88. The number of nitrogens with zero attached hydrogens (tertiary/aromatic N) is 2. The van der Waals surface area contributed by atoms with Crippen LogP contribution in [-0.4, -0.2) is 42.8 Å². The van der Waals surface area contributed by atoms with Crippen molar-refractivity contribution in [3.8, 4) is 0 Å². The third-order valence-electron chi connectivity index (χ3n) is 3.41. The summed E-state index contributed by atoms with van der Waals surface area (Å²) in [5, 5.41) is 2.26. The van der Waals surface area contributed by atoms with Crippen LogP contribution in [0, 0.1) is 5.92 Å². The van der Waals surface area contributed by atoms with E-state index in [2.05, 4.69) is 4.98 Å². The van der Waals surface area contributed by atoms with Gasteiger partial charge in [-0.25, -0.2) is 17.7 Å². The predicted octanol–water partition coefficient (Wildman–Crippen LogP) is 0.899. The van der Waals surface area contributed by atoms with Crippen molar-refractivity contribution in [1.82, 2.24) is 9.29 Å². The second-order valence-corrected chi connectivity index (χ2v) is 8.10. The highest BCUT2D eigenvalue weighted by atomic mass is 32.2. The molecule has 1 aromatic rings. The number of ketones is 1. The number of sulfonamides is 1. The van der Waals surface area contributed by atoms with E-state index < -0.39 is 10.0 Å². The van der Waals surface area contributed by atoms with Crippen LogP contribution in [0.1, 0.15) is 25.0 Å². The molecule has 1 atom stereocenters. The van der Waals surface area contributed by atoms with E-state index in [0.717, 1.165) is 12.8 Å². The first-order valence-electron chi connectivity index (χ1n) is 6.51. The van der Waals surface area contributed by atoms with Crippen molar-refractivity contribution in [3.05, 3.63) is 11.1 Å². The Morgan fingerprint density at radius 2 is 2.35 bits per heavy atom. The summed E-state index contributed by atoms with van der Waals surface area (Å²) in [6.45, 7) is 1.01. The smallest absolute Gasteiger partial charge is 0.211 e. The third-order valence-corrected chi connectivity index (χ3v) is 5.41. The topological polar surface area (TPSA) is 93.4 Å². The Hall–Kier alpha value is -0.990. The highest BCUT2D eigenvalue weighted by Gasteiger charge is 2.27. The highest BCUT2D eigenvalue weighted by molar-refractivity contribution is 7.88. The van der Waals surface area contributed by atoms with Crippen molar-refractivity contribution >= 4 is 32.3 Å². The average Bonchev–Trinajstić information content (AvgIpc) is 2.73. The van der Waals surface area contributed by atoms with Crippen LogP contribution >= 0.6 is 11.3 Å². The third kappa shape index (κ3) is 4.26. The predicted molar refractivity (Wildman–Crippen MR) is 79.0 cm³/mol. The molecule has 1 aliphatic rings. The zero-order valence-corrected chi connectivity index (χ0v) is 13.0. The van der Waals surface area contributed by atoms with Crippen molar-refractivity contribution in [1.29, 1.82) is 0 Å². The molecule has 2 rings (SSSR count). The lowest BCUT2D eigenvalue weighted by Crippen LogP contribution is -2.39. The Morgan fingerprint density at radius 3 is 2.95 bits per heavy atom. The Morgan fingerprint density at radius 1 is 1.60 bits per heavy atom. The normalized spacial score (nSPS) is 20.9. The van der Waals surface area contributed by atoms with Gasteiger partial charge in [-0.3, -0.25) is 4.79 Å². The van der Waals surface area contributed by atoms with E-state index in [1.165, 1.54) is 21.9 Å². The summed E-state index contributed by atoms with van der Waals surface area (Å²) < 4.78 is 24.5. The Kier molecular flexibility index (Phi) is 4.77. The van der Waals surface area contributed by atoms with E-state index in [4.69, 9.17) is 5.73 Å². The summed E-state index contributed by atoms with van der Waals surface area (Å²) in [5.41, 5.74) is 6.23. The van der Waals surface area contributed by atoms with Crippen LogP contribution in [0.4, 0.5) is 5.13 Å². The molecule has 2 heterocycles. The standard InChI is InChI=1S/C12H19N3O3S2/c1-20(17,18)15-4-2-3-9(7-15)5-11(16)6-10-8-19-12(13)14-10/h8-9H,2-7H2,1H3,(H2,13,14). The SMILES string of the molecule is CS(=O)(=O)N1CCCC(CC(=O)Cc2csc(N)n2)C1. The fourth-order valence-electron chi connectivity index (χ4n) is 2.49. The van der Waals surface area contributed by atoms with Crippen LogP contribution < -0.4 is 5.73 Å². The molecule has 0 aromatic carbocycles. The fourth-order valence-corrected chi connectivity index (χ4v) is 4.00. The molecule has 20 heavy (non-hydrogen) atoms. The van der Waals surface area contributed by atoms with Crippen LogP contribution in [0.25, 0.3) is 0 Å². The van der Waals surface area contributed by atoms with E-state index in [1.54, 1.807) is 5.38 Å².